The maximum Gasteiger partial charge on any atom is 0.335 e. The Morgan fingerprint density at radius 3 is 2.36 bits per heavy atom. The Kier molecular flexibility index (Phi) is 3.78. The van der Waals surface area contributed by atoms with Crippen molar-refractivity contribution in [3.05, 3.63) is 72.4 Å². The Hall–Kier alpha value is -3.21. The molecule has 0 saturated carbocycles. The lowest BCUT2D eigenvalue weighted by atomic mass is 10.1. The highest BCUT2D eigenvalue weighted by Gasteiger charge is 2.04. The number of rotatable bonds is 4. The molecule has 0 unspecified atom stereocenters. The number of carboxylic acid groups (broad SMARTS) is 1. The van der Waals surface area contributed by atoms with Crippen molar-refractivity contribution < 1.29 is 9.90 Å². The summed E-state index contributed by atoms with van der Waals surface area (Å²) in [6, 6.07) is 18.1. The van der Waals surface area contributed by atoms with Crippen molar-refractivity contribution in [1.29, 1.82) is 0 Å². The Bertz CT molecular complexity index is 787. The summed E-state index contributed by atoms with van der Waals surface area (Å²) in [7, 11) is 0. The first-order valence-corrected chi connectivity index (χ1v) is 6.71. The smallest absolute Gasteiger partial charge is 0.335 e. The van der Waals surface area contributed by atoms with E-state index in [0.717, 1.165) is 16.9 Å². The van der Waals surface area contributed by atoms with Crippen LogP contribution in [0, 0.1) is 0 Å². The van der Waals surface area contributed by atoms with Gasteiger partial charge in [-0.3, -0.25) is 0 Å². The fourth-order valence-corrected chi connectivity index (χ4v) is 2.01. The lowest BCUT2D eigenvalue weighted by Crippen LogP contribution is -1.99. The number of carboxylic acids is 1. The molecule has 0 saturated heterocycles. The molecule has 0 spiro atoms. The lowest BCUT2D eigenvalue weighted by Gasteiger charge is -2.07. The fourth-order valence-electron chi connectivity index (χ4n) is 2.01. The van der Waals surface area contributed by atoms with Crippen molar-refractivity contribution in [2.75, 3.05) is 5.32 Å². The molecule has 3 rings (SSSR count). The van der Waals surface area contributed by atoms with E-state index in [1.54, 1.807) is 18.3 Å². The van der Waals surface area contributed by atoms with Gasteiger partial charge in [0.2, 0.25) is 5.95 Å². The number of aromatic nitrogens is 2. The van der Waals surface area contributed by atoms with E-state index in [1.807, 2.05) is 36.4 Å². The van der Waals surface area contributed by atoms with Crippen LogP contribution in [0.4, 0.5) is 11.6 Å². The van der Waals surface area contributed by atoms with Crippen LogP contribution in [0.5, 0.6) is 0 Å². The molecule has 1 heterocycles. The topological polar surface area (TPSA) is 75.1 Å². The van der Waals surface area contributed by atoms with Gasteiger partial charge in [-0.15, -0.1) is 0 Å². The number of nitrogens with one attached hydrogen (secondary N) is 1. The average Bonchev–Trinajstić information content (AvgIpc) is 2.56. The van der Waals surface area contributed by atoms with Crippen molar-refractivity contribution >= 4 is 17.6 Å². The van der Waals surface area contributed by atoms with Crippen LogP contribution in [0.15, 0.2) is 66.9 Å². The molecule has 0 aliphatic heterocycles. The van der Waals surface area contributed by atoms with Crippen LogP contribution in [-0.4, -0.2) is 21.0 Å². The molecular formula is C17H13N3O2. The molecule has 5 heteroatoms. The minimum atomic E-state index is -0.950. The summed E-state index contributed by atoms with van der Waals surface area (Å²) in [6.07, 6.45) is 1.68. The van der Waals surface area contributed by atoms with Gasteiger partial charge in [0.1, 0.15) is 0 Å². The summed E-state index contributed by atoms with van der Waals surface area (Å²) in [5.41, 5.74) is 2.80. The van der Waals surface area contributed by atoms with Crippen LogP contribution in [0.2, 0.25) is 0 Å². The summed E-state index contributed by atoms with van der Waals surface area (Å²) in [5.74, 6) is -0.488. The molecule has 0 aliphatic rings. The van der Waals surface area contributed by atoms with E-state index in [-0.39, 0.29) is 5.56 Å². The molecule has 2 N–H and O–H groups in total. The Balaban J connectivity index is 1.82. The monoisotopic (exact) mass is 291 g/mol. The van der Waals surface area contributed by atoms with Crippen LogP contribution < -0.4 is 5.32 Å². The van der Waals surface area contributed by atoms with Gasteiger partial charge in [0.15, 0.2) is 0 Å². The summed E-state index contributed by atoms with van der Waals surface area (Å²) in [6.45, 7) is 0. The number of anilines is 2. The highest BCUT2D eigenvalue weighted by Crippen LogP contribution is 2.19. The van der Waals surface area contributed by atoms with E-state index in [0.29, 0.717) is 5.95 Å². The molecule has 22 heavy (non-hydrogen) atoms. The van der Waals surface area contributed by atoms with Gasteiger partial charge in [0.05, 0.1) is 11.3 Å². The highest BCUT2D eigenvalue weighted by molar-refractivity contribution is 5.88. The molecule has 0 fully saturated rings. The molecule has 2 aromatic carbocycles. The van der Waals surface area contributed by atoms with Crippen LogP contribution in [0.25, 0.3) is 11.3 Å². The lowest BCUT2D eigenvalue weighted by molar-refractivity contribution is 0.0697. The summed E-state index contributed by atoms with van der Waals surface area (Å²) in [5, 5.41) is 11.9. The molecule has 0 aliphatic carbocycles. The Morgan fingerprint density at radius 1 is 0.955 bits per heavy atom. The highest BCUT2D eigenvalue weighted by atomic mass is 16.4. The minimum absolute atomic E-state index is 0.240. The summed E-state index contributed by atoms with van der Waals surface area (Å²) < 4.78 is 0. The van der Waals surface area contributed by atoms with Gasteiger partial charge >= 0.3 is 5.97 Å². The van der Waals surface area contributed by atoms with Crippen molar-refractivity contribution in [3.63, 3.8) is 0 Å². The maximum atomic E-state index is 10.8. The third-order valence-electron chi connectivity index (χ3n) is 3.11. The minimum Gasteiger partial charge on any atom is -0.478 e. The molecule has 0 amide bonds. The van der Waals surface area contributed by atoms with Gasteiger partial charge in [-0.05, 0) is 30.3 Å². The molecule has 108 valence electrons. The van der Waals surface area contributed by atoms with Crippen molar-refractivity contribution in [3.8, 4) is 11.3 Å². The molecule has 1 aromatic heterocycles. The van der Waals surface area contributed by atoms with Crippen molar-refractivity contribution in [2.24, 2.45) is 0 Å². The van der Waals surface area contributed by atoms with Crippen molar-refractivity contribution in [1.82, 2.24) is 9.97 Å². The second-order valence-electron chi connectivity index (χ2n) is 4.64. The Morgan fingerprint density at radius 2 is 1.68 bits per heavy atom. The van der Waals surface area contributed by atoms with Gasteiger partial charge in [0, 0.05) is 17.4 Å². The zero-order valence-corrected chi connectivity index (χ0v) is 11.6. The Labute approximate surface area is 127 Å². The second-order valence-corrected chi connectivity index (χ2v) is 4.64. The van der Waals surface area contributed by atoms with Crippen molar-refractivity contribution in [2.45, 2.75) is 0 Å². The van der Waals surface area contributed by atoms with Gasteiger partial charge in [-0.25, -0.2) is 14.8 Å². The predicted octanol–water partition coefficient (Wildman–Crippen LogP) is 3.59. The SMILES string of the molecule is O=C(O)c1ccc(Nc2nccc(-c3ccccc3)n2)cc1. The van der Waals surface area contributed by atoms with E-state index in [2.05, 4.69) is 15.3 Å². The standard InChI is InChI=1S/C17H13N3O2/c21-16(22)13-6-8-14(9-7-13)19-17-18-11-10-15(20-17)12-4-2-1-3-5-12/h1-11H,(H,21,22)(H,18,19,20). The van der Waals surface area contributed by atoms with Gasteiger partial charge in [-0.2, -0.15) is 0 Å². The number of nitrogens with zero attached hydrogens (tertiary/aromatic N) is 2. The van der Waals surface area contributed by atoms with Crippen LogP contribution in [0.3, 0.4) is 0 Å². The maximum absolute atomic E-state index is 10.8. The molecule has 0 atom stereocenters. The molecule has 3 aromatic rings. The van der Waals surface area contributed by atoms with E-state index in [1.165, 1.54) is 12.1 Å². The molecule has 0 radical (unpaired) electrons. The normalized spacial score (nSPS) is 10.2. The second kappa shape index (κ2) is 6.05. The predicted molar refractivity (Wildman–Crippen MR) is 84.2 cm³/mol. The first kappa shape index (κ1) is 13.8. The van der Waals surface area contributed by atoms with Crippen LogP contribution >= 0.6 is 0 Å². The zero-order valence-electron chi connectivity index (χ0n) is 11.6. The number of benzene rings is 2. The first-order chi connectivity index (χ1) is 10.7. The largest absolute Gasteiger partial charge is 0.478 e. The van der Waals surface area contributed by atoms with Crippen LogP contribution in [-0.2, 0) is 0 Å². The third kappa shape index (κ3) is 3.09. The molecule has 5 nitrogen and oxygen atoms in total. The van der Waals surface area contributed by atoms with Gasteiger partial charge < -0.3 is 10.4 Å². The number of aromatic carboxylic acids is 1. The third-order valence-corrected chi connectivity index (χ3v) is 3.11. The number of carbonyl (C=O) groups is 1. The number of hydrogen-bond acceptors (Lipinski definition) is 4. The van der Waals surface area contributed by atoms with E-state index >= 15 is 0 Å². The van der Waals surface area contributed by atoms with Gasteiger partial charge in [0.25, 0.3) is 0 Å². The van der Waals surface area contributed by atoms with Gasteiger partial charge in [-0.1, -0.05) is 30.3 Å². The van der Waals surface area contributed by atoms with E-state index < -0.39 is 5.97 Å². The van der Waals surface area contributed by atoms with E-state index in [4.69, 9.17) is 5.11 Å². The fraction of sp³-hybridized carbons (Fsp3) is 0. The summed E-state index contributed by atoms with van der Waals surface area (Å²) in [4.78, 5) is 19.5. The first-order valence-electron chi connectivity index (χ1n) is 6.71. The molecule has 0 bridgehead atoms. The zero-order chi connectivity index (χ0) is 15.4. The quantitative estimate of drug-likeness (QED) is 0.768. The summed E-state index contributed by atoms with van der Waals surface area (Å²) >= 11 is 0. The van der Waals surface area contributed by atoms with E-state index in [9.17, 15) is 4.79 Å². The average molecular weight is 291 g/mol. The number of hydrogen-bond donors (Lipinski definition) is 2. The van der Waals surface area contributed by atoms with Crippen LogP contribution in [0.1, 0.15) is 10.4 Å². The molecular weight excluding hydrogens is 278 g/mol.